The molecular formula is C24H30Cl2N4O5S. The van der Waals surface area contributed by atoms with Crippen molar-refractivity contribution in [3.8, 4) is 0 Å². The normalized spacial score (nSPS) is 23.7. The average molecular weight is 558 g/mol. The first kappa shape index (κ1) is 27.1. The van der Waals surface area contributed by atoms with Crippen LogP contribution in [0.2, 0.25) is 10.0 Å². The van der Waals surface area contributed by atoms with Crippen LogP contribution >= 0.6 is 23.2 Å². The van der Waals surface area contributed by atoms with Crippen LogP contribution in [0.5, 0.6) is 0 Å². The predicted octanol–water partition coefficient (Wildman–Crippen LogP) is 3.92. The van der Waals surface area contributed by atoms with E-state index in [2.05, 4.69) is 14.7 Å². The Kier molecular flexibility index (Phi) is 9.08. The first-order chi connectivity index (χ1) is 17.3. The maximum Gasteiger partial charge on any atom is 0.215 e. The summed E-state index contributed by atoms with van der Waals surface area (Å²) in [6, 6.07) is 5.26. The molecule has 196 valence electrons. The minimum absolute atomic E-state index is 0.0696. The van der Waals surface area contributed by atoms with Gasteiger partial charge in [-0.25, -0.2) is 18.1 Å². The molecule has 0 radical (unpaired) electrons. The molecule has 2 atom stereocenters. The average Bonchev–Trinajstić information content (AvgIpc) is 3.52. The van der Waals surface area contributed by atoms with Crippen molar-refractivity contribution in [3.63, 3.8) is 0 Å². The second-order valence-corrected chi connectivity index (χ2v) is 11.5. The van der Waals surface area contributed by atoms with Crippen molar-refractivity contribution >= 4 is 38.9 Å². The van der Waals surface area contributed by atoms with Crippen molar-refractivity contribution in [1.29, 1.82) is 0 Å². The van der Waals surface area contributed by atoms with Gasteiger partial charge in [-0.1, -0.05) is 29.3 Å². The van der Waals surface area contributed by atoms with Gasteiger partial charge in [0.15, 0.2) is 0 Å². The number of halogens is 2. The molecule has 9 nitrogen and oxygen atoms in total. The van der Waals surface area contributed by atoms with Gasteiger partial charge in [0, 0.05) is 48.1 Å². The molecule has 1 aromatic heterocycles. The molecule has 1 saturated heterocycles. The SMILES string of the molecule is CCS(=O)(=O)NCCN=C1CC=C(OCC2COC(Cn3ccnc3)(c3ccc(Cl)cc3Cl)O2)CC1. The lowest BCUT2D eigenvalue weighted by atomic mass is 10.0. The van der Waals surface area contributed by atoms with E-state index in [-0.39, 0.29) is 11.9 Å². The molecular weight excluding hydrogens is 527 g/mol. The highest BCUT2D eigenvalue weighted by atomic mass is 35.5. The maximum atomic E-state index is 11.5. The van der Waals surface area contributed by atoms with Crippen LogP contribution in [-0.4, -0.2) is 61.8 Å². The van der Waals surface area contributed by atoms with Gasteiger partial charge in [0.25, 0.3) is 0 Å². The molecule has 4 rings (SSSR count). The third-order valence-corrected chi connectivity index (χ3v) is 7.93. The fraction of sp³-hybridized carbons (Fsp3) is 0.500. The highest BCUT2D eigenvalue weighted by molar-refractivity contribution is 7.89. The third kappa shape index (κ3) is 7.08. The first-order valence-electron chi connectivity index (χ1n) is 11.8. The summed E-state index contributed by atoms with van der Waals surface area (Å²) in [4.78, 5) is 8.62. The van der Waals surface area contributed by atoms with Gasteiger partial charge < -0.3 is 18.8 Å². The number of imidazole rings is 1. The Hall–Kier alpha value is -1.95. The van der Waals surface area contributed by atoms with E-state index in [0.717, 1.165) is 24.3 Å². The van der Waals surface area contributed by atoms with Crippen molar-refractivity contribution in [1.82, 2.24) is 14.3 Å². The van der Waals surface area contributed by atoms with Crippen LogP contribution in [0.3, 0.4) is 0 Å². The summed E-state index contributed by atoms with van der Waals surface area (Å²) >= 11 is 12.6. The molecule has 1 aromatic carbocycles. The molecule has 1 fully saturated rings. The van der Waals surface area contributed by atoms with E-state index in [4.69, 9.17) is 37.4 Å². The van der Waals surface area contributed by atoms with Gasteiger partial charge in [0.1, 0.15) is 12.7 Å². The highest BCUT2D eigenvalue weighted by Crippen LogP contribution is 2.40. The zero-order valence-corrected chi connectivity index (χ0v) is 22.4. The number of hydrogen-bond acceptors (Lipinski definition) is 7. The molecule has 0 bridgehead atoms. The van der Waals surface area contributed by atoms with Crippen LogP contribution in [0.15, 0.2) is 53.7 Å². The van der Waals surface area contributed by atoms with E-state index in [1.807, 2.05) is 22.9 Å². The minimum atomic E-state index is -3.18. The molecule has 12 heteroatoms. The summed E-state index contributed by atoms with van der Waals surface area (Å²) in [7, 11) is -3.18. The Morgan fingerprint density at radius 1 is 1.33 bits per heavy atom. The van der Waals surface area contributed by atoms with E-state index in [9.17, 15) is 8.42 Å². The summed E-state index contributed by atoms with van der Waals surface area (Å²) < 4.78 is 46.0. The number of hydrogen-bond donors (Lipinski definition) is 1. The molecule has 36 heavy (non-hydrogen) atoms. The Morgan fingerprint density at radius 3 is 2.89 bits per heavy atom. The maximum absolute atomic E-state index is 11.5. The van der Waals surface area contributed by atoms with E-state index in [0.29, 0.717) is 54.9 Å². The summed E-state index contributed by atoms with van der Waals surface area (Å²) in [5.41, 5.74) is 1.74. The Morgan fingerprint density at radius 2 is 2.19 bits per heavy atom. The van der Waals surface area contributed by atoms with Gasteiger partial charge in [0.05, 0.1) is 42.6 Å². The number of ether oxygens (including phenoxy) is 3. The smallest absolute Gasteiger partial charge is 0.215 e. The van der Waals surface area contributed by atoms with Crippen LogP contribution in [0.4, 0.5) is 0 Å². The lowest BCUT2D eigenvalue weighted by molar-refractivity contribution is -0.190. The second-order valence-electron chi connectivity index (χ2n) is 8.59. The summed E-state index contributed by atoms with van der Waals surface area (Å²) in [6.07, 6.45) is 9.16. The monoisotopic (exact) mass is 556 g/mol. The highest BCUT2D eigenvalue weighted by Gasteiger charge is 2.45. The largest absolute Gasteiger partial charge is 0.495 e. The number of nitrogens with zero attached hydrogens (tertiary/aromatic N) is 3. The molecule has 2 aliphatic rings. The molecule has 0 spiro atoms. The third-order valence-electron chi connectivity index (χ3n) is 5.98. The van der Waals surface area contributed by atoms with Gasteiger partial charge in [-0.15, -0.1) is 0 Å². The van der Waals surface area contributed by atoms with Crippen LogP contribution in [0.1, 0.15) is 31.7 Å². The lowest BCUT2D eigenvalue weighted by Crippen LogP contribution is -2.34. The second kappa shape index (κ2) is 12.1. The number of aromatic nitrogens is 2. The van der Waals surface area contributed by atoms with Crippen molar-refractivity contribution in [2.24, 2.45) is 4.99 Å². The van der Waals surface area contributed by atoms with Gasteiger partial charge >= 0.3 is 0 Å². The number of rotatable bonds is 11. The zero-order valence-electron chi connectivity index (χ0n) is 20.0. The van der Waals surface area contributed by atoms with Crippen molar-refractivity contribution < 1.29 is 22.6 Å². The fourth-order valence-corrected chi connectivity index (χ4v) is 5.23. The molecule has 1 aliphatic carbocycles. The van der Waals surface area contributed by atoms with Crippen LogP contribution in [0.25, 0.3) is 0 Å². The van der Waals surface area contributed by atoms with E-state index in [1.54, 1.807) is 31.6 Å². The summed E-state index contributed by atoms with van der Waals surface area (Å²) in [5, 5.41) is 1.00. The molecule has 2 aromatic rings. The van der Waals surface area contributed by atoms with Crippen molar-refractivity contribution in [2.75, 3.05) is 32.1 Å². The molecule has 1 aliphatic heterocycles. The van der Waals surface area contributed by atoms with E-state index >= 15 is 0 Å². The Bertz CT molecular complexity index is 1200. The summed E-state index contributed by atoms with van der Waals surface area (Å²) in [6.45, 7) is 3.41. The number of aliphatic imine (C=N–C) groups is 1. The summed E-state index contributed by atoms with van der Waals surface area (Å²) in [5.74, 6) is -0.128. The molecule has 1 N–H and O–H groups in total. The molecule has 0 saturated carbocycles. The minimum Gasteiger partial charge on any atom is -0.495 e. The quantitative estimate of drug-likeness (QED) is 0.420. The van der Waals surface area contributed by atoms with Crippen molar-refractivity contribution in [3.05, 3.63) is 64.4 Å². The molecule has 2 heterocycles. The van der Waals surface area contributed by atoms with Crippen molar-refractivity contribution in [2.45, 2.75) is 44.6 Å². The van der Waals surface area contributed by atoms with Crippen LogP contribution in [0, 0.1) is 0 Å². The van der Waals surface area contributed by atoms with Gasteiger partial charge in [-0.05, 0) is 31.6 Å². The lowest BCUT2D eigenvalue weighted by Gasteiger charge is -2.30. The number of benzene rings is 1. The molecule has 2 unspecified atom stereocenters. The number of allylic oxidation sites excluding steroid dienone is 2. The van der Waals surface area contributed by atoms with Crippen LogP contribution in [-0.2, 0) is 36.6 Å². The van der Waals surface area contributed by atoms with E-state index in [1.165, 1.54) is 0 Å². The molecule has 0 amide bonds. The topological polar surface area (TPSA) is 104 Å². The van der Waals surface area contributed by atoms with Gasteiger partial charge in [-0.3, -0.25) is 4.99 Å². The fourth-order valence-electron chi connectivity index (χ4n) is 4.07. The van der Waals surface area contributed by atoms with Crippen LogP contribution < -0.4 is 4.72 Å². The zero-order chi connectivity index (χ0) is 25.6. The standard InChI is InChI=1S/C24H30Cl2N4O5S/c1-2-36(31,32)29-10-9-28-19-4-6-20(7-5-19)33-14-21-15-34-24(35-21,16-30-12-11-27-17-30)22-8-3-18(25)13-23(22)26/h3,6,8,11-13,17,21,29H,2,4-5,7,9-10,14-16H2,1H3. The van der Waals surface area contributed by atoms with Gasteiger partial charge in [0.2, 0.25) is 15.8 Å². The number of sulfonamides is 1. The predicted molar refractivity (Wildman–Crippen MR) is 139 cm³/mol. The Balaban J connectivity index is 1.32. The van der Waals surface area contributed by atoms with E-state index < -0.39 is 15.8 Å². The number of nitrogens with one attached hydrogen (secondary N) is 1. The first-order valence-corrected chi connectivity index (χ1v) is 14.2. The van der Waals surface area contributed by atoms with Gasteiger partial charge in [-0.2, -0.15) is 0 Å². The Labute approximate surface area is 221 Å².